The van der Waals surface area contributed by atoms with Crippen LogP contribution in [0.5, 0.6) is 0 Å². The topological polar surface area (TPSA) is 114 Å². The quantitative estimate of drug-likeness (QED) is 0.152. The number of fused-ring (bicyclic) bond motifs is 1. The Kier molecular flexibility index (Phi) is 8.87. The Morgan fingerprint density at radius 3 is 2.52 bits per heavy atom. The molecule has 2 aliphatic heterocycles. The Morgan fingerprint density at radius 1 is 1.12 bits per heavy atom. The lowest BCUT2D eigenvalue weighted by Crippen LogP contribution is -2.50. The van der Waals surface area contributed by atoms with Crippen LogP contribution in [0.3, 0.4) is 0 Å². The van der Waals surface area contributed by atoms with Crippen molar-refractivity contribution in [1.82, 2.24) is 25.0 Å². The molecule has 4 N–H and O–H groups in total. The highest BCUT2D eigenvalue weighted by Crippen LogP contribution is 2.42. The molecule has 4 aromatic rings. The molecule has 0 bridgehead atoms. The van der Waals surface area contributed by atoms with Crippen molar-refractivity contribution < 1.29 is 17.4 Å². The monoisotopic (exact) mass is 733 g/mol. The molecule has 7 rings (SSSR count). The first-order valence-corrected chi connectivity index (χ1v) is 18.5. The number of aliphatic imine (C=N–C) groups is 1. The number of anilines is 3. The molecule has 2 unspecified atom stereocenters. The van der Waals surface area contributed by atoms with E-state index >= 15 is 0 Å². The maximum absolute atomic E-state index is 14.1. The summed E-state index contributed by atoms with van der Waals surface area (Å²) in [4.78, 5) is 13.9. The Bertz CT molecular complexity index is 2000. The highest BCUT2D eigenvalue weighted by atomic mass is 35.5. The number of aromatic amines is 1. The number of nitrogens with one attached hydrogen (secondary N) is 4. The van der Waals surface area contributed by atoms with E-state index in [2.05, 4.69) is 40.3 Å². The van der Waals surface area contributed by atoms with E-state index in [1.807, 2.05) is 31.2 Å². The number of hydrogen-bond donors (Lipinski definition) is 4. The van der Waals surface area contributed by atoms with E-state index in [9.17, 15) is 17.4 Å². The molecule has 48 heavy (non-hydrogen) atoms. The molecule has 0 radical (unpaired) electrons. The van der Waals surface area contributed by atoms with Crippen molar-refractivity contribution in [3.63, 3.8) is 0 Å². The van der Waals surface area contributed by atoms with Crippen LogP contribution in [-0.4, -0.2) is 71.7 Å². The number of aryl methyl sites for hydroxylation is 1. The highest BCUT2D eigenvalue weighted by Gasteiger charge is 2.35. The molecule has 17 heteroatoms. The van der Waals surface area contributed by atoms with Crippen molar-refractivity contribution in [2.75, 3.05) is 41.5 Å². The summed E-state index contributed by atoms with van der Waals surface area (Å²) in [6.07, 6.45) is 0.919. The van der Waals surface area contributed by atoms with Gasteiger partial charge in [0.2, 0.25) is 5.13 Å². The first-order chi connectivity index (χ1) is 23.0. The number of halogens is 4. The molecule has 2 aromatic heterocycles. The number of hydrogen-bond acceptors (Lipinski definition) is 8. The number of thiocarbonyl (C=S) groups is 1. The molecule has 10 nitrogen and oxygen atoms in total. The molecular formula is C31H31ClF3N9OS3. The van der Waals surface area contributed by atoms with E-state index in [4.69, 9.17) is 28.8 Å². The van der Waals surface area contributed by atoms with Gasteiger partial charge < -0.3 is 20.5 Å². The fourth-order valence-electron chi connectivity index (χ4n) is 5.80. The predicted molar refractivity (Wildman–Crippen MR) is 190 cm³/mol. The summed E-state index contributed by atoms with van der Waals surface area (Å²) >= 11 is 13.2. The summed E-state index contributed by atoms with van der Waals surface area (Å²) in [5, 5.41) is 16.4. The van der Waals surface area contributed by atoms with Crippen LogP contribution in [0.25, 0.3) is 11.1 Å². The van der Waals surface area contributed by atoms with Gasteiger partial charge in [0, 0.05) is 54.1 Å². The highest BCUT2D eigenvalue weighted by molar-refractivity contribution is 8.04. The molecule has 2 atom stereocenters. The van der Waals surface area contributed by atoms with Gasteiger partial charge in [-0.3, -0.25) is 14.6 Å². The van der Waals surface area contributed by atoms with Crippen molar-refractivity contribution in [3.05, 3.63) is 69.8 Å². The van der Waals surface area contributed by atoms with Crippen LogP contribution in [0.4, 0.5) is 29.8 Å². The van der Waals surface area contributed by atoms with Crippen LogP contribution < -0.4 is 15.4 Å². The molecule has 2 fully saturated rings. The van der Waals surface area contributed by atoms with Gasteiger partial charge in [0.1, 0.15) is 17.0 Å². The molecule has 3 aliphatic rings. The zero-order valence-corrected chi connectivity index (χ0v) is 28.8. The van der Waals surface area contributed by atoms with E-state index in [1.165, 1.54) is 23.5 Å². The van der Waals surface area contributed by atoms with Gasteiger partial charge in [-0.1, -0.05) is 35.9 Å². The summed E-state index contributed by atoms with van der Waals surface area (Å²) in [7, 11) is -2.62. The fourth-order valence-corrected chi connectivity index (χ4v) is 9.51. The van der Waals surface area contributed by atoms with Gasteiger partial charge in [-0.25, -0.2) is 4.21 Å². The largest absolute Gasteiger partial charge is 0.417 e. The molecule has 0 spiro atoms. The van der Waals surface area contributed by atoms with Crippen molar-refractivity contribution in [3.8, 4) is 11.1 Å². The van der Waals surface area contributed by atoms with Crippen molar-refractivity contribution >= 4 is 77.8 Å². The van der Waals surface area contributed by atoms with Gasteiger partial charge in [-0.2, -0.15) is 13.2 Å². The van der Waals surface area contributed by atoms with E-state index < -0.39 is 21.4 Å². The molecular weight excluding hydrogens is 703 g/mol. The number of H-pyrrole nitrogens is 1. The minimum absolute atomic E-state index is 0.346. The fraction of sp³-hybridized carbons (Fsp3) is 0.323. The number of rotatable bonds is 7. The Hall–Kier alpha value is -3.70. The number of nitrogens with zero attached hydrogens (tertiary/aromatic N) is 5. The summed E-state index contributed by atoms with van der Waals surface area (Å²) in [5.41, 5.74) is 2.06. The smallest absolute Gasteiger partial charge is 0.347 e. The van der Waals surface area contributed by atoms with Gasteiger partial charge in [-0.05, 0) is 73.4 Å². The molecule has 2 aromatic carbocycles. The maximum atomic E-state index is 14.1. The van der Waals surface area contributed by atoms with E-state index in [-0.39, 0.29) is 11.2 Å². The Labute approximate surface area is 289 Å². The third kappa shape index (κ3) is 6.51. The average molecular weight is 734 g/mol. The van der Waals surface area contributed by atoms with Crippen LogP contribution >= 0.6 is 35.2 Å². The lowest BCUT2D eigenvalue weighted by Gasteiger charge is -2.39. The van der Waals surface area contributed by atoms with Gasteiger partial charge >= 0.3 is 6.18 Å². The van der Waals surface area contributed by atoms with Gasteiger partial charge in [0.15, 0.2) is 5.11 Å². The van der Waals surface area contributed by atoms with E-state index in [0.717, 1.165) is 57.8 Å². The zero-order valence-electron chi connectivity index (χ0n) is 25.6. The molecule has 0 amide bonds. The van der Waals surface area contributed by atoms with Gasteiger partial charge in [0.05, 0.1) is 31.5 Å². The second-order valence-electron chi connectivity index (χ2n) is 11.5. The lowest BCUT2D eigenvalue weighted by atomic mass is 9.99. The second-order valence-corrected chi connectivity index (χ2v) is 15.7. The van der Waals surface area contributed by atoms with Crippen molar-refractivity contribution in [2.24, 2.45) is 4.99 Å². The third-order valence-electron chi connectivity index (χ3n) is 8.43. The standard InChI is InChI=1S/C31H31ClF3N9OS3/c1-2-25-40-41-29(47-25)42-48(45,21-8-9-21)20-6-4-19(5-7-20)39-30(46)44-13-11-43(12-14-44)28-26-22(16-36-27(26)37-17-38-28)18-3-10-23(24(32)15-18)31(33,34)35/h3-7,10,15-17,28,36H,2,8-9,11-14H2,1H3,(H,37,38)(H,39,46)(H,41,42,45). The van der Waals surface area contributed by atoms with Crippen LogP contribution in [0.15, 0.2) is 58.5 Å². The Balaban J connectivity index is 1.00. The van der Waals surface area contributed by atoms with Crippen LogP contribution in [0, 0.1) is 0 Å². The normalized spacial score (nSPS) is 19.0. The van der Waals surface area contributed by atoms with Gasteiger partial charge in [-0.15, -0.1) is 10.2 Å². The lowest BCUT2D eigenvalue weighted by molar-refractivity contribution is -0.137. The second kappa shape index (κ2) is 13.0. The SMILES string of the molecule is CCc1nnc(NS(=O)(=C2CC2)c2ccc(NC(=S)N3CCN(C4N=CNc5[nH]cc(-c6ccc(C(F)(F)F)c(Cl)c6)c54)CC3)cc2)s1. The molecule has 252 valence electrons. The predicted octanol–water partition coefficient (Wildman–Crippen LogP) is 6.87. The summed E-state index contributed by atoms with van der Waals surface area (Å²) < 4.78 is 57.2. The van der Waals surface area contributed by atoms with Crippen molar-refractivity contribution in [2.45, 2.75) is 43.4 Å². The average Bonchev–Trinajstić information content (AvgIpc) is 3.70. The third-order valence-corrected chi connectivity index (χ3v) is 12.9. The number of aromatic nitrogens is 3. The van der Waals surface area contributed by atoms with Gasteiger partial charge in [0.25, 0.3) is 0 Å². The van der Waals surface area contributed by atoms with Crippen LogP contribution in [-0.2, 0) is 22.3 Å². The number of alkyl halides is 3. The minimum Gasteiger partial charge on any atom is -0.347 e. The number of piperazine rings is 1. The number of benzene rings is 2. The molecule has 1 saturated carbocycles. The summed E-state index contributed by atoms with van der Waals surface area (Å²) in [6.45, 7) is 4.59. The van der Waals surface area contributed by atoms with Crippen molar-refractivity contribution in [1.29, 1.82) is 0 Å². The maximum Gasteiger partial charge on any atom is 0.417 e. The summed E-state index contributed by atoms with van der Waals surface area (Å²) in [6, 6.07) is 11.3. The first-order valence-electron chi connectivity index (χ1n) is 15.3. The zero-order chi connectivity index (χ0) is 33.6. The van der Waals surface area contributed by atoms with Crippen LogP contribution in [0.2, 0.25) is 5.02 Å². The summed E-state index contributed by atoms with van der Waals surface area (Å²) in [5.74, 6) is 0.734. The Morgan fingerprint density at radius 2 is 1.88 bits per heavy atom. The first kappa shape index (κ1) is 32.8. The van der Waals surface area contributed by atoms with E-state index in [1.54, 1.807) is 12.5 Å². The molecule has 4 heterocycles. The van der Waals surface area contributed by atoms with Crippen LogP contribution in [0.1, 0.15) is 42.1 Å². The van der Waals surface area contributed by atoms with E-state index in [0.29, 0.717) is 46.9 Å². The molecule has 1 saturated heterocycles. The minimum atomic E-state index is -4.53. The molecule has 1 aliphatic carbocycles.